The lowest BCUT2D eigenvalue weighted by Crippen LogP contribution is -2.31. The number of anilines is 1. The van der Waals surface area contributed by atoms with Gasteiger partial charge < -0.3 is 15.0 Å². The van der Waals surface area contributed by atoms with Gasteiger partial charge in [0.15, 0.2) is 0 Å². The van der Waals surface area contributed by atoms with Crippen molar-refractivity contribution in [3.63, 3.8) is 0 Å². The highest BCUT2D eigenvalue weighted by atomic mass is 16.5. The fourth-order valence-corrected chi connectivity index (χ4v) is 3.53. The predicted octanol–water partition coefficient (Wildman–Crippen LogP) is 3.58. The summed E-state index contributed by atoms with van der Waals surface area (Å²) in [6.07, 6.45) is 2.66. The number of para-hydroxylation sites is 1. The number of fused-ring (bicyclic) bond motifs is 1. The molecule has 28 heavy (non-hydrogen) atoms. The number of nitrogens with zero attached hydrogens (tertiary/aromatic N) is 2. The number of hydrogen-bond donors (Lipinski definition) is 1. The number of rotatable bonds is 5. The van der Waals surface area contributed by atoms with Crippen LogP contribution >= 0.6 is 0 Å². The molecule has 1 aromatic heterocycles. The first-order chi connectivity index (χ1) is 13.7. The van der Waals surface area contributed by atoms with E-state index in [1.54, 1.807) is 13.3 Å². The molecule has 5 heteroatoms. The van der Waals surface area contributed by atoms with Crippen LogP contribution in [-0.4, -0.2) is 24.5 Å². The highest BCUT2D eigenvalue weighted by Crippen LogP contribution is 2.23. The second-order valence-corrected chi connectivity index (χ2v) is 6.84. The fraction of sp³-hybridized carbons (Fsp3) is 0.217. The number of carbonyl (C=O) groups excluding carboxylic acids is 1. The first kappa shape index (κ1) is 18.0. The Morgan fingerprint density at radius 3 is 2.64 bits per heavy atom. The van der Waals surface area contributed by atoms with Crippen molar-refractivity contribution >= 4 is 11.7 Å². The maximum absolute atomic E-state index is 12.5. The fourth-order valence-electron chi connectivity index (χ4n) is 3.53. The average molecular weight is 373 g/mol. The molecule has 142 valence electrons. The molecule has 0 unspecified atom stereocenters. The molecule has 0 saturated carbocycles. The SMILES string of the molecule is COc1ccccc1CNC(=O)c1ccc(N2CCc3ccccc3C2)nc1. The van der Waals surface area contributed by atoms with Crippen molar-refractivity contribution in [1.29, 1.82) is 0 Å². The van der Waals surface area contributed by atoms with Crippen LogP contribution in [0.25, 0.3) is 0 Å². The largest absolute Gasteiger partial charge is 0.496 e. The van der Waals surface area contributed by atoms with E-state index in [9.17, 15) is 4.79 Å². The van der Waals surface area contributed by atoms with Crippen LogP contribution in [0, 0.1) is 0 Å². The van der Waals surface area contributed by atoms with E-state index in [1.807, 2.05) is 36.4 Å². The van der Waals surface area contributed by atoms with Gasteiger partial charge in [0.25, 0.3) is 5.91 Å². The van der Waals surface area contributed by atoms with Crippen LogP contribution in [-0.2, 0) is 19.5 Å². The average Bonchev–Trinajstić information content (AvgIpc) is 2.77. The van der Waals surface area contributed by atoms with Crippen LogP contribution in [0.15, 0.2) is 66.9 Å². The molecule has 2 aromatic carbocycles. The summed E-state index contributed by atoms with van der Waals surface area (Å²) in [6, 6.07) is 19.9. The molecule has 1 aliphatic rings. The normalized spacial score (nSPS) is 13.0. The number of benzene rings is 2. The lowest BCUT2D eigenvalue weighted by Gasteiger charge is -2.29. The van der Waals surface area contributed by atoms with Gasteiger partial charge in [-0.05, 0) is 35.7 Å². The van der Waals surface area contributed by atoms with Crippen LogP contribution in [0.4, 0.5) is 5.82 Å². The van der Waals surface area contributed by atoms with Gasteiger partial charge in [-0.1, -0.05) is 42.5 Å². The zero-order valence-electron chi connectivity index (χ0n) is 15.9. The van der Waals surface area contributed by atoms with Crippen LogP contribution in [0.1, 0.15) is 27.0 Å². The Kier molecular flexibility index (Phi) is 5.24. The van der Waals surface area contributed by atoms with E-state index < -0.39 is 0 Å². The van der Waals surface area contributed by atoms with Crippen LogP contribution in [0.2, 0.25) is 0 Å². The molecule has 0 bridgehead atoms. The minimum atomic E-state index is -0.144. The van der Waals surface area contributed by atoms with Crippen LogP contribution < -0.4 is 15.0 Å². The molecule has 0 atom stereocenters. The van der Waals surface area contributed by atoms with Crippen LogP contribution in [0.5, 0.6) is 5.75 Å². The third-order valence-corrected chi connectivity index (χ3v) is 5.10. The second kappa shape index (κ2) is 8.13. The van der Waals surface area contributed by atoms with Gasteiger partial charge in [-0.25, -0.2) is 4.98 Å². The Morgan fingerprint density at radius 2 is 1.86 bits per heavy atom. The lowest BCUT2D eigenvalue weighted by molar-refractivity contribution is 0.0950. The van der Waals surface area contributed by atoms with Gasteiger partial charge in [0.05, 0.1) is 12.7 Å². The number of methoxy groups -OCH3 is 1. The first-order valence-corrected chi connectivity index (χ1v) is 9.42. The number of carbonyl (C=O) groups is 1. The predicted molar refractivity (Wildman–Crippen MR) is 110 cm³/mol. The molecular formula is C23H23N3O2. The van der Waals surface area contributed by atoms with Crippen molar-refractivity contribution in [2.24, 2.45) is 0 Å². The molecule has 4 rings (SSSR count). The zero-order chi connectivity index (χ0) is 19.3. The maximum Gasteiger partial charge on any atom is 0.253 e. The molecular weight excluding hydrogens is 350 g/mol. The summed E-state index contributed by atoms with van der Waals surface area (Å²) in [6.45, 7) is 2.19. The van der Waals surface area contributed by atoms with Gasteiger partial charge in [0.2, 0.25) is 0 Å². The molecule has 0 spiro atoms. The third kappa shape index (κ3) is 3.83. The molecule has 0 saturated heterocycles. The zero-order valence-corrected chi connectivity index (χ0v) is 15.9. The number of nitrogens with one attached hydrogen (secondary N) is 1. The Hall–Kier alpha value is -3.34. The van der Waals surface area contributed by atoms with E-state index in [0.717, 1.165) is 36.6 Å². The van der Waals surface area contributed by atoms with E-state index in [4.69, 9.17) is 4.74 Å². The quantitative estimate of drug-likeness (QED) is 0.743. The molecule has 3 aromatic rings. The smallest absolute Gasteiger partial charge is 0.253 e. The number of aromatic nitrogens is 1. The van der Waals surface area contributed by atoms with Crippen LogP contribution in [0.3, 0.4) is 0 Å². The summed E-state index contributed by atoms with van der Waals surface area (Å²) in [4.78, 5) is 19.2. The topological polar surface area (TPSA) is 54.5 Å². The van der Waals surface area contributed by atoms with E-state index in [0.29, 0.717) is 12.1 Å². The number of hydrogen-bond acceptors (Lipinski definition) is 4. The van der Waals surface area contributed by atoms with Gasteiger partial charge in [-0.2, -0.15) is 0 Å². The van der Waals surface area contributed by atoms with Crippen molar-refractivity contribution in [2.75, 3.05) is 18.6 Å². The van der Waals surface area contributed by atoms with Crippen molar-refractivity contribution < 1.29 is 9.53 Å². The molecule has 0 aliphatic carbocycles. The van der Waals surface area contributed by atoms with Gasteiger partial charge in [-0.15, -0.1) is 0 Å². The number of ether oxygens (including phenoxy) is 1. The summed E-state index contributed by atoms with van der Waals surface area (Å²) < 4.78 is 5.32. The van der Waals surface area contributed by atoms with E-state index in [1.165, 1.54) is 11.1 Å². The molecule has 1 amide bonds. The van der Waals surface area contributed by atoms with E-state index in [2.05, 4.69) is 39.5 Å². The molecule has 1 aliphatic heterocycles. The lowest BCUT2D eigenvalue weighted by atomic mass is 10.00. The monoisotopic (exact) mass is 373 g/mol. The summed E-state index contributed by atoms with van der Waals surface area (Å²) in [5, 5.41) is 2.93. The number of amides is 1. The van der Waals surface area contributed by atoms with Gasteiger partial charge in [-0.3, -0.25) is 4.79 Å². The highest BCUT2D eigenvalue weighted by molar-refractivity contribution is 5.94. The summed E-state index contributed by atoms with van der Waals surface area (Å²) in [5.74, 6) is 1.52. The standard InChI is InChI=1S/C23H23N3O2/c1-28-21-9-5-4-7-18(21)14-25-23(27)19-10-11-22(24-15-19)26-13-12-17-6-2-3-8-20(17)16-26/h2-11,15H,12-14,16H2,1H3,(H,25,27). The Bertz CT molecular complexity index is 970. The van der Waals surface area contributed by atoms with Crippen molar-refractivity contribution in [2.45, 2.75) is 19.5 Å². The first-order valence-electron chi connectivity index (χ1n) is 9.42. The third-order valence-electron chi connectivity index (χ3n) is 5.10. The minimum absolute atomic E-state index is 0.144. The summed E-state index contributed by atoms with van der Waals surface area (Å²) in [5.41, 5.74) is 4.24. The summed E-state index contributed by atoms with van der Waals surface area (Å²) in [7, 11) is 1.63. The van der Waals surface area contributed by atoms with Gasteiger partial charge in [0, 0.05) is 31.4 Å². The highest BCUT2D eigenvalue weighted by Gasteiger charge is 2.17. The molecule has 5 nitrogen and oxygen atoms in total. The Morgan fingerprint density at radius 1 is 1.07 bits per heavy atom. The maximum atomic E-state index is 12.5. The van der Waals surface area contributed by atoms with E-state index in [-0.39, 0.29) is 5.91 Å². The van der Waals surface area contributed by atoms with Crippen molar-refractivity contribution in [1.82, 2.24) is 10.3 Å². The molecule has 1 N–H and O–H groups in total. The molecule has 0 fully saturated rings. The number of pyridine rings is 1. The Labute approximate surface area is 165 Å². The van der Waals surface area contributed by atoms with Crippen molar-refractivity contribution in [3.05, 3.63) is 89.1 Å². The van der Waals surface area contributed by atoms with Gasteiger partial charge in [0.1, 0.15) is 11.6 Å². The Balaban J connectivity index is 1.40. The van der Waals surface area contributed by atoms with E-state index >= 15 is 0 Å². The molecule has 2 heterocycles. The molecule has 0 radical (unpaired) electrons. The van der Waals surface area contributed by atoms with Crippen molar-refractivity contribution in [3.8, 4) is 5.75 Å². The minimum Gasteiger partial charge on any atom is -0.496 e. The van der Waals surface area contributed by atoms with Gasteiger partial charge >= 0.3 is 0 Å². The summed E-state index contributed by atoms with van der Waals surface area (Å²) >= 11 is 0. The second-order valence-electron chi connectivity index (χ2n) is 6.84.